The van der Waals surface area contributed by atoms with Crippen LogP contribution in [0, 0.1) is 17.2 Å². The lowest BCUT2D eigenvalue weighted by Gasteiger charge is -2.38. The normalized spacial score (nSPS) is 26.2. The molecule has 3 fully saturated rings. The molecular weight excluding hydrogens is 535 g/mol. The zero-order valence-electron chi connectivity index (χ0n) is 22.5. The van der Waals surface area contributed by atoms with Gasteiger partial charge in [-0.25, -0.2) is 4.39 Å². The summed E-state index contributed by atoms with van der Waals surface area (Å²) in [6.07, 6.45) is 3.75. The zero-order chi connectivity index (χ0) is 28.1. The van der Waals surface area contributed by atoms with Crippen LogP contribution in [0.15, 0.2) is 30.3 Å². The molecule has 214 valence electrons. The van der Waals surface area contributed by atoms with Crippen molar-refractivity contribution in [3.63, 3.8) is 0 Å². The highest BCUT2D eigenvalue weighted by atomic mass is 35.5. The molecule has 40 heavy (non-hydrogen) atoms. The van der Waals surface area contributed by atoms with E-state index in [0.29, 0.717) is 40.9 Å². The summed E-state index contributed by atoms with van der Waals surface area (Å²) in [4.78, 5) is 17.1. The maximum absolute atomic E-state index is 13.8. The highest BCUT2D eigenvalue weighted by Gasteiger charge is 2.30. The number of aromatic nitrogens is 2. The first-order valence-corrected chi connectivity index (χ1v) is 14.6. The molecule has 3 heterocycles. The number of likely N-dealkylation sites (tertiary alicyclic amines) is 1. The Labute approximate surface area is 239 Å². The second-order valence-corrected chi connectivity index (χ2v) is 11.6. The molecule has 5 rings (SSSR count). The lowest BCUT2D eigenvalue weighted by Crippen LogP contribution is -2.47. The number of rotatable bonds is 7. The number of alkyl halides is 1. The van der Waals surface area contributed by atoms with Crippen molar-refractivity contribution in [1.82, 2.24) is 20.4 Å². The van der Waals surface area contributed by atoms with E-state index in [0.717, 1.165) is 70.5 Å². The number of piperidine rings is 2. The number of halogens is 2. The topological polar surface area (TPSA) is 115 Å². The molecule has 2 atom stereocenters. The van der Waals surface area contributed by atoms with Gasteiger partial charge >= 0.3 is 0 Å². The Morgan fingerprint density at radius 3 is 2.52 bits per heavy atom. The van der Waals surface area contributed by atoms with Crippen LogP contribution in [0.2, 0.25) is 5.02 Å². The standard InChI is InChI=1S/C29H36ClFN6O3/c30-24-15-23(4-1-20(24)16-32)40-22-5-2-21(3-6-22)33-29(39)26-7-8-28(35-34-26)37-13-9-19(10-14-37)17-36-12-11-27(38)25(31)18-36/h1,4,7-8,15,19,21-22,25,27,38H,2-3,5-6,9-14,17-18H2,(H,33,39)/t21?,22?,25-,27-/m1/s1. The summed E-state index contributed by atoms with van der Waals surface area (Å²) in [5, 5.41) is 30.6. The number of anilines is 1. The van der Waals surface area contributed by atoms with Crippen LogP contribution in [0.4, 0.5) is 10.2 Å². The van der Waals surface area contributed by atoms with Crippen LogP contribution in [-0.2, 0) is 0 Å². The van der Waals surface area contributed by atoms with Crippen LogP contribution in [0.3, 0.4) is 0 Å². The Hall–Kier alpha value is -3.00. The molecule has 1 amide bonds. The molecule has 1 aromatic heterocycles. The third-order valence-electron chi connectivity index (χ3n) is 8.30. The molecule has 0 spiro atoms. The summed E-state index contributed by atoms with van der Waals surface area (Å²) >= 11 is 6.10. The van der Waals surface area contributed by atoms with Crippen molar-refractivity contribution in [3.8, 4) is 11.8 Å². The number of nitrogens with zero attached hydrogens (tertiary/aromatic N) is 5. The van der Waals surface area contributed by atoms with Gasteiger partial charge in [0.2, 0.25) is 0 Å². The minimum atomic E-state index is -1.15. The first kappa shape index (κ1) is 28.5. The van der Waals surface area contributed by atoms with E-state index in [9.17, 15) is 14.3 Å². The number of nitriles is 1. The maximum Gasteiger partial charge on any atom is 0.272 e. The number of aliphatic hydroxyl groups is 1. The number of hydrogen-bond acceptors (Lipinski definition) is 8. The quantitative estimate of drug-likeness (QED) is 0.517. The number of aliphatic hydroxyl groups excluding tert-OH is 1. The molecule has 0 unspecified atom stereocenters. The molecule has 2 aromatic rings. The van der Waals surface area contributed by atoms with Crippen LogP contribution >= 0.6 is 11.6 Å². The van der Waals surface area contributed by atoms with Crippen LogP contribution in [0.5, 0.6) is 5.75 Å². The van der Waals surface area contributed by atoms with Crippen molar-refractivity contribution in [3.05, 3.63) is 46.6 Å². The van der Waals surface area contributed by atoms with Gasteiger partial charge in [0.1, 0.15) is 18.0 Å². The lowest BCUT2D eigenvalue weighted by atomic mass is 9.92. The molecule has 1 aromatic carbocycles. The van der Waals surface area contributed by atoms with E-state index in [-0.39, 0.29) is 18.1 Å². The predicted molar refractivity (Wildman–Crippen MR) is 149 cm³/mol. The van der Waals surface area contributed by atoms with Crippen molar-refractivity contribution in [2.24, 2.45) is 5.92 Å². The van der Waals surface area contributed by atoms with Crippen LogP contribution in [0.25, 0.3) is 0 Å². The highest BCUT2D eigenvalue weighted by molar-refractivity contribution is 6.31. The molecular formula is C29H36ClFN6O3. The third kappa shape index (κ3) is 7.19. The number of carbonyl (C=O) groups is 1. The molecule has 1 saturated carbocycles. The van der Waals surface area contributed by atoms with Gasteiger partial charge in [0.05, 0.1) is 22.8 Å². The number of hydrogen-bond donors (Lipinski definition) is 2. The molecule has 2 N–H and O–H groups in total. The summed E-state index contributed by atoms with van der Waals surface area (Å²) in [6.45, 7) is 3.63. The van der Waals surface area contributed by atoms with Crippen molar-refractivity contribution in [2.45, 2.75) is 69.4 Å². The number of amides is 1. The number of benzene rings is 1. The van der Waals surface area contributed by atoms with E-state index >= 15 is 0 Å². The van der Waals surface area contributed by atoms with Crippen molar-refractivity contribution < 1.29 is 19.0 Å². The van der Waals surface area contributed by atoms with Gasteiger partial charge in [-0.3, -0.25) is 9.69 Å². The van der Waals surface area contributed by atoms with E-state index in [1.54, 1.807) is 24.3 Å². The summed E-state index contributed by atoms with van der Waals surface area (Å²) in [5.74, 6) is 1.69. The summed E-state index contributed by atoms with van der Waals surface area (Å²) in [7, 11) is 0. The van der Waals surface area contributed by atoms with E-state index in [1.165, 1.54) is 0 Å². The van der Waals surface area contributed by atoms with E-state index < -0.39 is 12.3 Å². The summed E-state index contributed by atoms with van der Waals surface area (Å²) in [6, 6.07) is 10.8. The fraction of sp³-hybridized carbons (Fsp3) is 0.586. The Morgan fingerprint density at radius 1 is 1.10 bits per heavy atom. The van der Waals surface area contributed by atoms with Gasteiger partial charge in [-0.05, 0) is 75.1 Å². The second-order valence-electron chi connectivity index (χ2n) is 11.2. The predicted octanol–water partition coefficient (Wildman–Crippen LogP) is 3.74. The third-order valence-corrected chi connectivity index (χ3v) is 8.62. The first-order valence-electron chi connectivity index (χ1n) is 14.2. The Morgan fingerprint density at radius 2 is 1.88 bits per heavy atom. The van der Waals surface area contributed by atoms with E-state index in [4.69, 9.17) is 21.6 Å². The van der Waals surface area contributed by atoms with Gasteiger partial charge in [0.15, 0.2) is 11.5 Å². The molecule has 9 nitrogen and oxygen atoms in total. The van der Waals surface area contributed by atoms with Gasteiger partial charge in [0, 0.05) is 44.8 Å². The highest BCUT2D eigenvalue weighted by Crippen LogP contribution is 2.28. The molecule has 0 bridgehead atoms. The number of ether oxygens (including phenoxy) is 1. The zero-order valence-corrected chi connectivity index (χ0v) is 23.3. The van der Waals surface area contributed by atoms with Gasteiger partial charge < -0.3 is 20.1 Å². The summed E-state index contributed by atoms with van der Waals surface area (Å²) in [5.41, 5.74) is 0.725. The van der Waals surface area contributed by atoms with Gasteiger partial charge in [-0.15, -0.1) is 10.2 Å². The van der Waals surface area contributed by atoms with Crippen molar-refractivity contribution in [2.75, 3.05) is 37.6 Å². The maximum atomic E-state index is 13.8. The minimum Gasteiger partial charge on any atom is -0.490 e. The molecule has 2 aliphatic heterocycles. The first-order chi connectivity index (χ1) is 19.4. The molecule has 0 radical (unpaired) electrons. The Bertz CT molecular complexity index is 1200. The second kappa shape index (κ2) is 13.1. The number of carbonyl (C=O) groups excluding carboxylic acids is 1. The van der Waals surface area contributed by atoms with Crippen LogP contribution in [0.1, 0.15) is 61.0 Å². The monoisotopic (exact) mass is 570 g/mol. The van der Waals surface area contributed by atoms with Crippen LogP contribution < -0.4 is 15.0 Å². The summed E-state index contributed by atoms with van der Waals surface area (Å²) < 4.78 is 19.9. The molecule has 2 saturated heterocycles. The number of nitrogens with one attached hydrogen (secondary N) is 1. The Balaban J connectivity index is 1.03. The smallest absolute Gasteiger partial charge is 0.272 e. The molecule has 11 heteroatoms. The van der Waals surface area contributed by atoms with Gasteiger partial charge in [0.25, 0.3) is 5.91 Å². The lowest BCUT2D eigenvalue weighted by molar-refractivity contribution is 0.000845. The van der Waals surface area contributed by atoms with Crippen molar-refractivity contribution >= 4 is 23.3 Å². The average molecular weight is 571 g/mol. The minimum absolute atomic E-state index is 0.0359. The van der Waals surface area contributed by atoms with Gasteiger partial charge in [-0.1, -0.05) is 11.6 Å². The average Bonchev–Trinajstić information content (AvgIpc) is 2.97. The SMILES string of the molecule is N#Cc1ccc(OC2CCC(NC(=O)c3ccc(N4CCC(CN5CC[C@@H](O)[C@H](F)C5)CC4)nn3)CC2)cc1Cl. The fourth-order valence-corrected chi connectivity index (χ4v) is 6.10. The largest absolute Gasteiger partial charge is 0.490 e. The van der Waals surface area contributed by atoms with Crippen LogP contribution in [-0.4, -0.2) is 83.3 Å². The Kier molecular flexibility index (Phi) is 9.35. The van der Waals surface area contributed by atoms with Gasteiger partial charge in [-0.2, -0.15) is 5.26 Å². The molecule has 1 aliphatic carbocycles. The van der Waals surface area contributed by atoms with E-state index in [1.807, 2.05) is 12.1 Å². The van der Waals surface area contributed by atoms with E-state index in [2.05, 4.69) is 25.3 Å². The molecule has 3 aliphatic rings. The fourth-order valence-electron chi connectivity index (χ4n) is 5.88. The van der Waals surface area contributed by atoms with Crippen molar-refractivity contribution in [1.29, 1.82) is 5.26 Å².